The zero-order chi connectivity index (χ0) is 10.5. The van der Waals surface area contributed by atoms with Crippen LogP contribution in [-0.2, 0) is 0 Å². The van der Waals surface area contributed by atoms with Gasteiger partial charge in [-0.2, -0.15) is 0 Å². The van der Waals surface area contributed by atoms with Crippen LogP contribution >= 0.6 is 0 Å². The first-order valence-corrected chi connectivity index (χ1v) is 5.14. The van der Waals surface area contributed by atoms with Gasteiger partial charge in [0.05, 0.1) is 12.1 Å². The van der Waals surface area contributed by atoms with Gasteiger partial charge >= 0.3 is 6.03 Å². The van der Waals surface area contributed by atoms with Crippen molar-refractivity contribution in [1.29, 1.82) is 0 Å². The number of nitrogen functional groups attached to an aromatic ring is 1. The minimum Gasteiger partial charge on any atom is -0.399 e. The smallest absolute Gasteiger partial charge is 0.322 e. The standard InChI is InChI=1S/C11H13N3O/c12-8-1-3-9(4-2-8)14-7-11(5-6-11)13-10(14)15/h1-4H,5-7,12H2,(H,13,15). The first-order valence-electron chi connectivity index (χ1n) is 5.14. The van der Waals surface area contributed by atoms with Gasteiger partial charge in [0, 0.05) is 11.4 Å². The van der Waals surface area contributed by atoms with Crippen molar-refractivity contribution in [3.8, 4) is 0 Å². The molecule has 1 saturated heterocycles. The molecule has 0 aromatic heterocycles. The number of nitrogens with two attached hydrogens (primary N) is 1. The minimum atomic E-state index is 0.0114. The van der Waals surface area contributed by atoms with E-state index in [0.717, 1.165) is 30.8 Å². The molecule has 2 aliphatic rings. The highest BCUT2D eigenvalue weighted by molar-refractivity contribution is 5.95. The molecule has 0 bridgehead atoms. The van der Waals surface area contributed by atoms with Crippen LogP contribution in [0.5, 0.6) is 0 Å². The second-order valence-corrected chi connectivity index (χ2v) is 4.39. The van der Waals surface area contributed by atoms with Crippen molar-refractivity contribution in [2.45, 2.75) is 18.4 Å². The summed E-state index contributed by atoms with van der Waals surface area (Å²) in [5, 5.41) is 3.02. The zero-order valence-electron chi connectivity index (χ0n) is 8.36. The number of hydrogen-bond acceptors (Lipinski definition) is 2. The average molecular weight is 203 g/mol. The Morgan fingerprint density at radius 2 is 1.93 bits per heavy atom. The first-order chi connectivity index (χ1) is 7.19. The van der Waals surface area contributed by atoms with E-state index >= 15 is 0 Å². The van der Waals surface area contributed by atoms with Gasteiger partial charge in [0.1, 0.15) is 0 Å². The number of carbonyl (C=O) groups excluding carboxylic acids is 1. The Bertz CT molecular complexity index is 408. The molecular weight excluding hydrogens is 190 g/mol. The molecule has 0 radical (unpaired) electrons. The molecule has 4 nitrogen and oxygen atoms in total. The monoisotopic (exact) mass is 203 g/mol. The summed E-state index contributed by atoms with van der Waals surface area (Å²) >= 11 is 0. The molecule has 4 heteroatoms. The van der Waals surface area contributed by atoms with Crippen LogP contribution in [0.15, 0.2) is 24.3 Å². The summed E-state index contributed by atoms with van der Waals surface area (Å²) in [4.78, 5) is 13.5. The highest BCUT2D eigenvalue weighted by Gasteiger charge is 2.51. The molecule has 1 aromatic carbocycles. The Hall–Kier alpha value is -1.71. The number of amides is 2. The van der Waals surface area contributed by atoms with Crippen molar-refractivity contribution in [3.63, 3.8) is 0 Å². The van der Waals surface area contributed by atoms with Crippen LogP contribution in [0.4, 0.5) is 16.2 Å². The summed E-state index contributed by atoms with van der Waals surface area (Å²) in [7, 11) is 0. The van der Waals surface area contributed by atoms with Crippen molar-refractivity contribution in [3.05, 3.63) is 24.3 Å². The lowest BCUT2D eigenvalue weighted by Crippen LogP contribution is -2.29. The maximum absolute atomic E-state index is 11.7. The van der Waals surface area contributed by atoms with E-state index in [-0.39, 0.29) is 11.6 Å². The normalized spacial score (nSPS) is 21.9. The highest BCUT2D eigenvalue weighted by atomic mass is 16.2. The lowest BCUT2D eigenvalue weighted by atomic mass is 10.2. The van der Waals surface area contributed by atoms with E-state index < -0.39 is 0 Å². The number of nitrogens with one attached hydrogen (secondary N) is 1. The SMILES string of the molecule is Nc1ccc(N2CC3(CC3)NC2=O)cc1. The summed E-state index contributed by atoms with van der Waals surface area (Å²) in [6, 6.07) is 7.42. The zero-order valence-corrected chi connectivity index (χ0v) is 8.36. The predicted molar refractivity (Wildman–Crippen MR) is 58.7 cm³/mol. The number of nitrogens with zero attached hydrogens (tertiary/aromatic N) is 1. The Morgan fingerprint density at radius 1 is 1.27 bits per heavy atom. The van der Waals surface area contributed by atoms with Crippen LogP contribution in [0, 0.1) is 0 Å². The number of urea groups is 1. The molecule has 3 N–H and O–H groups in total. The number of carbonyl (C=O) groups is 1. The average Bonchev–Trinajstić information content (AvgIpc) is 2.87. The molecule has 1 aliphatic carbocycles. The number of anilines is 2. The third kappa shape index (κ3) is 1.33. The van der Waals surface area contributed by atoms with E-state index in [0.29, 0.717) is 0 Å². The molecule has 0 unspecified atom stereocenters. The highest BCUT2D eigenvalue weighted by Crippen LogP contribution is 2.40. The van der Waals surface area contributed by atoms with Crippen LogP contribution in [0.2, 0.25) is 0 Å². The van der Waals surface area contributed by atoms with E-state index in [4.69, 9.17) is 5.73 Å². The number of benzene rings is 1. The summed E-state index contributed by atoms with van der Waals surface area (Å²) in [6.07, 6.45) is 2.20. The quantitative estimate of drug-likeness (QED) is 0.676. The molecule has 1 saturated carbocycles. The maximum atomic E-state index is 11.7. The predicted octanol–water partition coefficient (Wildman–Crippen LogP) is 1.33. The lowest BCUT2D eigenvalue weighted by Gasteiger charge is -2.14. The lowest BCUT2D eigenvalue weighted by molar-refractivity contribution is 0.250. The molecule has 78 valence electrons. The van der Waals surface area contributed by atoms with Gasteiger partial charge in [0.2, 0.25) is 0 Å². The summed E-state index contributed by atoms with van der Waals surface area (Å²) in [5.74, 6) is 0. The van der Waals surface area contributed by atoms with Gasteiger partial charge in [0.15, 0.2) is 0 Å². The fourth-order valence-corrected chi connectivity index (χ4v) is 2.01. The van der Waals surface area contributed by atoms with Crippen LogP contribution in [0.25, 0.3) is 0 Å². The van der Waals surface area contributed by atoms with Gasteiger partial charge in [-0.25, -0.2) is 4.79 Å². The first kappa shape index (κ1) is 8.59. The van der Waals surface area contributed by atoms with Gasteiger partial charge in [-0.15, -0.1) is 0 Å². The van der Waals surface area contributed by atoms with Crippen LogP contribution in [0.1, 0.15) is 12.8 Å². The second-order valence-electron chi connectivity index (χ2n) is 4.39. The molecule has 15 heavy (non-hydrogen) atoms. The van der Waals surface area contributed by atoms with Crippen molar-refractivity contribution < 1.29 is 4.79 Å². The number of rotatable bonds is 1. The van der Waals surface area contributed by atoms with Crippen molar-refractivity contribution >= 4 is 17.4 Å². The van der Waals surface area contributed by atoms with E-state index in [2.05, 4.69) is 5.32 Å². The van der Waals surface area contributed by atoms with E-state index in [1.165, 1.54) is 0 Å². The third-order valence-electron chi connectivity index (χ3n) is 3.14. The molecule has 1 spiro atoms. The Morgan fingerprint density at radius 3 is 2.47 bits per heavy atom. The van der Waals surface area contributed by atoms with Gasteiger partial charge in [0.25, 0.3) is 0 Å². The molecule has 1 aromatic rings. The Labute approximate surface area is 88.1 Å². The van der Waals surface area contributed by atoms with Gasteiger partial charge in [-0.3, -0.25) is 4.90 Å². The summed E-state index contributed by atoms with van der Waals surface area (Å²) in [5.41, 5.74) is 7.33. The maximum Gasteiger partial charge on any atom is 0.322 e. The van der Waals surface area contributed by atoms with Crippen molar-refractivity contribution in [2.24, 2.45) is 0 Å². The van der Waals surface area contributed by atoms with Gasteiger partial charge in [-0.1, -0.05) is 0 Å². The van der Waals surface area contributed by atoms with Crippen LogP contribution in [-0.4, -0.2) is 18.1 Å². The number of hydrogen-bond donors (Lipinski definition) is 2. The third-order valence-corrected chi connectivity index (χ3v) is 3.14. The summed E-state index contributed by atoms with van der Waals surface area (Å²) < 4.78 is 0. The molecule has 3 rings (SSSR count). The molecule has 1 heterocycles. The molecular formula is C11H13N3O. The summed E-state index contributed by atoms with van der Waals surface area (Å²) in [6.45, 7) is 0.787. The Balaban J connectivity index is 1.88. The topological polar surface area (TPSA) is 58.4 Å². The van der Waals surface area contributed by atoms with E-state index in [1.54, 1.807) is 4.90 Å². The fraction of sp³-hybridized carbons (Fsp3) is 0.364. The van der Waals surface area contributed by atoms with Crippen molar-refractivity contribution in [1.82, 2.24) is 5.32 Å². The van der Waals surface area contributed by atoms with Crippen LogP contribution in [0.3, 0.4) is 0 Å². The van der Waals surface area contributed by atoms with Gasteiger partial charge < -0.3 is 11.1 Å². The largest absolute Gasteiger partial charge is 0.399 e. The molecule has 1 aliphatic heterocycles. The molecule has 2 amide bonds. The fourth-order valence-electron chi connectivity index (χ4n) is 2.01. The second kappa shape index (κ2) is 2.66. The Kier molecular flexibility index (Phi) is 1.52. The van der Waals surface area contributed by atoms with E-state index in [1.807, 2.05) is 24.3 Å². The van der Waals surface area contributed by atoms with Crippen molar-refractivity contribution in [2.75, 3.05) is 17.2 Å². The van der Waals surface area contributed by atoms with Crippen LogP contribution < -0.4 is 16.0 Å². The van der Waals surface area contributed by atoms with E-state index in [9.17, 15) is 4.79 Å². The molecule has 2 fully saturated rings. The minimum absolute atomic E-state index is 0.0114. The molecule has 0 atom stereocenters. The van der Waals surface area contributed by atoms with Gasteiger partial charge in [-0.05, 0) is 37.1 Å².